The Balaban J connectivity index is 1.21. The molecule has 12 heteroatoms. The molecule has 0 aliphatic carbocycles. The van der Waals surface area contributed by atoms with Crippen molar-refractivity contribution in [3.05, 3.63) is 27.7 Å². The van der Waals surface area contributed by atoms with Crippen molar-refractivity contribution < 1.29 is 29.0 Å². The summed E-state index contributed by atoms with van der Waals surface area (Å²) in [5.74, 6) is -1.46. The van der Waals surface area contributed by atoms with Gasteiger partial charge < -0.3 is 25.0 Å². The van der Waals surface area contributed by atoms with Crippen LogP contribution in [-0.2, 0) is 14.4 Å². The van der Waals surface area contributed by atoms with Gasteiger partial charge in [0.25, 0.3) is 0 Å². The smallest absolute Gasteiger partial charge is 0.327 e. The van der Waals surface area contributed by atoms with E-state index in [-0.39, 0.29) is 31.3 Å². The Morgan fingerprint density at radius 3 is 2.37 bits per heavy atom. The van der Waals surface area contributed by atoms with Crippen LogP contribution in [0.1, 0.15) is 37.7 Å². The number of nitrogens with one attached hydrogen (secondary N) is 1. The molecule has 2 atom stereocenters. The number of amides is 4. The van der Waals surface area contributed by atoms with Gasteiger partial charge in [-0.25, -0.2) is 14.5 Å². The molecule has 3 saturated heterocycles. The number of hydrogen-bond donors (Lipinski definition) is 2. The summed E-state index contributed by atoms with van der Waals surface area (Å²) in [7, 11) is 0. The second-order valence-corrected chi connectivity index (χ2v) is 11.0. The number of carboxylic acid groups (broad SMARTS) is 1. The number of β-lactam (4-membered cyclic amide) rings is 1. The lowest BCUT2D eigenvalue weighted by molar-refractivity contribution is -0.167. The first-order valence-electron chi connectivity index (χ1n) is 13.1. The summed E-state index contributed by atoms with van der Waals surface area (Å²) in [5.41, 5.74) is 0.849. The Labute approximate surface area is 232 Å². The fourth-order valence-electron chi connectivity index (χ4n) is 5.36. The Kier molecular flexibility index (Phi) is 9.38. The normalized spacial score (nSPS) is 22.3. The van der Waals surface area contributed by atoms with Crippen LogP contribution in [0.15, 0.2) is 12.1 Å². The van der Waals surface area contributed by atoms with Gasteiger partial charge >= 0.3 is 12.0 Å². The molecule has 0 unspecified atom stereocenters. The Bertz CT molecular complexity index is 1070. The lowest BCUT2D eigenvalue weighted by Gasteiger charge is -2.47. The third-order valence-electron chi connectivity index (χ3n) is 7.63. The lowest BCUT2D eigenvalue weighted by Crippen LogP contribution is -2.69. The van der Waals surface area contributed by atoms with E-state index in [2.05, 4.69) is 5.32 Å². The van der Waals surface area contributed by atoms with Gasteiger partial charge in [0.05, 0.1) is 17.5 Å². The minimum absolute atomic E-state index is 0.0513. The molecule has 208 valence electrons. The molecular weight excluding hydrogens is 535 g/mol. The predicted molar refractivity (Wildman–Crippen MR) is 141 cm³/mol. The molecule has 4 amide bonds. The van der Waals surface area contributed by atoms with E-state index in [9.17, 15) is 24.3 Å². The molecule has 2 N–H and O–H groups in total. The van der Waals surface area contributed by atoms with E-state index in [0.29, 0.717) is 48.3 Å². The monoisotopic (exact) mass is 568 g/mol. The molecule has 38 heavy (non-hydrogen) atoms. The van der Waals surface area contributed by atoms with Crippen LogP contribution in [0.25, 0.3) is 0 Å². The number of piperidine rings is 1. The van der Waals surface area contributed by atoms with Gasteiger partial charge in [0, 0.05) is 37.6 Å². The molecular formula is C26H34Cl2N4O6. The van der Waals surface area contributed by atoms with E-state index in [4.69, 9.17) is 27.9 Å². The highest BCUT2D eigenvalue weighted by atomic mass is 35.5. The van der Waals surface area contributed by atoms with E-state index in [1.165, 1.54) is 4.90 Å². The molecule has 3 heterocycles. The number of aryl methyl sites for hydroxylation is 1. The van der Waals surface area contributed by atoms with Crippen LogP contribution >= 0.6 is 23.2 Å². The van der Waals surface area contributed by atoms with Crippen molar-refractivity contribution in [2.75, 3.05) is 45.9 Å². The number of rotatable bonds is 8. The van der Waals surface area contributed by atoms with Crippen LogP contribution in [0.3, 0.4) is 0 Å². The average Bonchev–Trinajstić information content (AvgIpc) is 2.90. The molecule has 1 aromatic rings. The standard InChI is InChI=1S/C26H34Cl2N4O6/c1-16-13-21(20(28)15-19(16)27)38-12-2-3-22(33)30-8-10-31(11-9-30)26(37)32-23(25(35)36)18(24(32)34)14-17-4-6-29-7-5-17/h13,15,17-18,23,29H,2-12,14H2,1H3,(H,35,36)/t18-,23+/m1/s1. The van der Waals surface area contributed by atoms with Crippen LogP contribution in [0, 0.1) is 18.8 Å². The fourth-order valence-corrected chi connectivity index (χ4v) is 5.79. The second kappa shape index (κ2) is 12.5. The summed E-state index contributed by atoms with van der Waals surface area (Å²) < 4.78 is 5.70. The summed E-state index contributed by atoms with van der Waals surface area (Å²) in [6, 6.07) is 1.68. The van der Waals surface area contributed by atoms with Crippen molar-refractivity contribution in [1.29, 1.82) is 0 Å². The van der Waals surface area contributed by atoms with Gasteiger partial charge in [0.15, 0.2) is 6.04 Å². The fraction of sp³-hybridized carbons (Fsp3) is 0.615. The van der Waals surface area contributed by atoms with Crippen LogP contribution in [0.5, 0.6) is 5.75 Å². The van der Waals surface area contributed by atoms with Crippen LogP contribution in [0.4, 0.5) is 4.79 Å². The summed E-state index contributed by atoms with van der Waals surface area (Å²) in [6.45, 7) is 5.03. The van der Waals surface area contributed by atoms with Gasteiger partial charge in [0.1, 0.15) is 5.75 Å². The largest absolute Gasteiger partial charge is 0.492 e. The van der Waals surface area contributed by atoms with Crippen molar-refractivity contribution in [1.82, 2.24) is 20.0 Å². The van der Waals surface area contributed by atoms with E-state index in [1.807, 2.05) is 6.92 Å². The van der Waals surface area contributed by atoms with Crippen LogP contribution in [-0.4, -0.2) is 95.5 Å². The number of carbonyl (C=O) groups excluding carboxylic acids is 3. The summed E-state index contributed by atoms with van der Waals surface area (Å²) in [6.07, 6.45) is 3.08. The Morgan fingerprint density at radius 1 is 1.05 bits per heavy atom. The maximum atomic E-state index is 13.1. The quantitative estimate of drug-likeness (QED) is 0.365. The Hall–Kier alpha value is -2.56. The van der Waals surface area contributed by atoms with Gasteiger partial charge in [-0.2, -0.15) is 0 Å². The molecule has 4 rings (SSSR count). The van der Waals surface area contributed by atoms with Gasteiger partial charge in [-0.05, 0) is 69.3 Å². The summed E-state index contributed by atoms with van der Waals surface area (Å²) in [5, 5.41) is 14.0. The van der Waals surface area contributed by atoms with Gasteiger partial charge in [-0.1, -0.05) is 23.2 Å². The third-order valence-corrected chi connectivity index (χ3v) is 8.33. The van der Waals surface area contributed by atoms with E-state index in [0.717, 1.165) is 36.4 Å². The summed E-state index contributed by atoms with van der Waals surface area (Å²) in [4.78, 5) is 54.5. The first-order valence-corrected chi connectivity index (χ1v) is 13.8. The van der Waals surface area contributed by atoms with Gasteiger partial charge in [-0.3, -0.25) is 9.59 Å². The number of ether oxygens (including phenoxy) is 1. The molecule has 0 aromatic heterocycles. The molecule has 0 spiro atoms. The SMILES string of the molecule is Cc1cc(OCCCC(=O)N2CCN(C(=O)N3C(=O)[C@H](CC4CCNCC4)[C@H]3C(=O)O)CC2)c(Cl)cc1Cl. The first kappa shape index (κ1) is 28.4. The molecule has 10 nitrogen and oxygen atoms in total. The zero-order valence-electron chi connectivity index (χ0n) is 21.5. The van der Waals surface area contributed by atoms with E-state index in [1.54, 1.807) is 17.0 Å². The lowest BCUT2D eigenvalue weighted by atomic mass is 9.78. The van der Waals surface area contributed by atoms with Crippen molar-refractivity contribution in [3.63, 3.8) is 0 Å². The highest BCUT2D eigenvalue weighted by Crippen LogP contribution is 2.36. The molecule has 0 saturated carbocycles. The molecule has 3 fully saturated rings. The number of benzene rings is 1. The number of likely N-dealkylation sites (tertiary alicyclic amines) is 1. The third kappa shape index (κ3) is 6.35. The van der Waals surface area contributed by atoms with Crippen molar-refractivity contribution in [2.45, 2.75) is 45.1 Å². The number of hydrogen-bond acceptors (Lipinski definition) is 6. The van der Waals surface area contributed by atoms with Crippen LogP contribution < -0.4 is 10.1 Å². The molecule has 1 aromatic carbocycles. The highest BCUT2D eigenvalue weighted by Gasteiger charge is 2.56. The average molecular weight is 569 g/mol. The second-order valence-electron chi connectivity index (χ2n) is 10.2. The van der Waals surface area contributed by atoms with E-state index < -0.39 is 29.9 Å². The van der Waals surface area contributed by atoms with Crippen molar-refractivity contribution >= 4 is 47.0 Å². The van der Waals surface area contributed by atoms with Crippen molar-refractivity contribution in [3.8, 4) is 5.75 Å². The molecule has 0 bridgehead atoms. The first-order chi connectivity index (χ1) is 18.2. The number of carbonyl (C=O) groups is 4. The number of nitrogens with zero attached hydrogens (tertiary/aromatic N) is 3. The summed E-state index contributed by atoms with van der Waals surface area (Å²) >= 11 is 12.2. The van der Waals surface area contributed by atoms with Gasteiger partial charge in [0.2, 0.25) is 11.8 Å². The van der Waals surface area contributed by atoms with Gasteiger partial charge in [-0.15, -0.1) is 0 Å². The number of aliphatic carboxylic acids is 1. The highest BCUT2D eigenvalue weighted by molar-refractivity contribution is 6.36. The minimum Gasteiger partial charge on any atom is -0.492 e. The molecule has 3 aliphatic rings. The van der Waals surface area contributed by atoms with E-state index >= 15 is 0 Å². The predicted octanol–water partition coefficient (Wildman–Crippen LogP) is 3.03. The number of halogens is 2. The zero-order chi connectivity index (χ0) is 27.4. The maximum absolute atomic E-state index is 13.1. The number of carboxylic acids is 1. The number of piperazine rings is 1. The Morgan fingerprint density at radius 2 is 1.71 bits per heavy atom. The molecule has 3 aliphatic heterocycles. The number of imide groups is 1. The minimum atomic E-state index is -1.15. The maximum Gasteiger partial charge on any atom is 0.327 e. The zero-order valence-corrected chi connectivity index (χ0v) is 23.0. The topological polar surface area (TPSA) is 119 Å². The number of urea groups is 1. The van der Waals surface area contributed by atoms with Crippen molar-refractivity contribution in [2.24, 2.45) is 11.8 Å². The molecule has 0 radical (unpaired) electrons. The van der Waals surface area contributed by atoms with Crippen LogP contribution in [0.2, 0.25) is 10.0 Å².